The number of hydrogen-bond donors (Lipinski definition) is 1. The number of fused-ring (bicyclic) bond motifs is 1. The van der Waals surface area contributed by atoms with Crippen molar-refractivity contribution in [3.8, 4) is 0 Å². The molecule has 0 aliphatic heterocycles. The Kier molecular flexibility index (Phi) is 6.00. The van der Waals surface area contributed by atoms with Gasteiger partial charge in [-0.15, -0.1) is 12.4 Å². The van der Waals surface area contributed by atoms with E-state index in [4.69, 9.17) is 0 Å². The zero-order chi connectivity index (χ0) is 13.0. The predicted molar refractivity (Wildman–Crippen MR) is 83.3 cm³/mol. The van der Waals surface area contributed by atoms with Crippen LogP contribution in [-0.4, -0.2) is 18.4 Å². The fraction of sp³-hybridized carbons (Fsp3) is 0.312. The average Bonchev–Trinajstić information content (AvgIpc) is 2.37. The molecule has 1 N–H and O–H groups in total. The molecule has 2 rings (SSSR count). The molecule has 2 aromatic rings. The first-order valence-corrected chi connectivity index (χ1v) is 6.42. The normalized spacial score (nSPS) is 10.5. The van der Waals surface area contributed by atoms with Gasteiger partial charge >= 0.3 is 0 Å². The van der Waals surface area contributed by atoms with E-state index in [-0.39, 0.29) is 18.2 Å². The molecule has 3 heteroatoms. The number of carbonyl (C=O) groups excluding carboxylic acids is 1. The monoisotopic (exact) mass is 277 g/mol. The van der Waals surface area contributed by atoms with E-state index in [0.29, 0.717) is 12.5 Å². The molecule has 0 unspecified atom stereocenters. The van der Waals surface area contributed by atoms with Gasteiger partial charge in [0.15, 0.2) is 5.78 Å². The van der Waals surface area contributed by atoms with Gasteiger partial charge in [0.1, 0.15) is 0 Å². The van der Waals surface area contributed by atoms with Crippen molar-refractivity contribution in [3.05, 3.63) is 48.0 Å². The molecule has 0 atom stereocenters. The molecule has 0 saturated carbocycles. The van der Waals surface area contributed by atoms with E-state index < -0.39 is 0 Å². The van der Waals surface area contributed by atoms with E-state index in [0.717, 1.165) is 17.5 Å². The first kappa shape index (κ1) is 15.7. The summed E-state index contributed by atoms with van der Waals surface area (Å²) in [6.07, 6.45) is 0.552. The van der Waals surface area contributed by atoms with Gasteiger partial charge in [0.2, 0.25) is 0 Å². The van der Waals surface area contributed by atoms with Gasteiger partial charge < -0.3 is 5.32 Å². The van der Waals surface area contributed by atoms with Gasteiger partial charge in [-0.3, -0.25) is 4.79 Å². The van der Waals surface area contributed by atoms with Crippen LogP contribution in [0.3, 0.4) is 0 Å². The van der Waals surface area contributed by atoms with Crippen LogP contribution < -0.4 is 5.32 Å². The Morgan fingerprint density at radius 3 is 2.47 bits per heavy atom. The number of hydrogen-bond acceptors (Lipinski definition) is 2. The average molecular weight is 278 g/mol. The number of carbonyl (C=O) groups is 1. The maximum Gasteiger partial charge on any atom is 0.164 e. The van der Waals surface area contributed by atoms with Crippen LogP contribution in [-0.2, 0) is 0 Å². The van der Waals surface area contributed by atoms with Crippen molar-refractivity contribution >= 4 is 29.0 Å². The molecule has 0 fully saturated rings. The summed E-state index contributed by atoms with van der Waals surface area (Å²) in [5.74, 6) is 0.203. The Balaban J connectivity index is 0.00000180. The number of ketones is 1. The second-order valence-corrected chi connectivity index (χ2v) is 4.84. The zero-order valence-electron chi connectivity index (χ0n) is 11.3. The molecule has 0 saturated heterocycles. The van der Waals surface area contributed by atoms with Gasteiger partial charge in [-0.2, -0.15) is 0 Å². The third-order valence-electron chi connectivity index (χ3n) is 2.98. The van der Waals surface area contributed by atoms with Crippen LogP contribution >= 0.6 is 12.4 Å². The lowest BCUT2D eigenvalue weighted by Crippen LogP contribution is -2.25. The number of halogens is 1. The number of nitrogens with one attached hydrogen (secondary N) is 1. The molecular formula is C16H20ClNO. The van der Waals surface area contributed by atoms with Crippen molar-refractivity contribution in [1.29, 1.82) is 0 Å². The standard InChI is InChI=1S/C16H19NO.ClH/c1-12(2)17-10-9-16(18)15-8-7-13-5-3-4-6-14(13)11-15;/h3-8,11-12,17H,9-10H2,1-2H3;1H. The van der Waals surface area contributed by atoms with Crippen molar-refractivity contribution in [2.24, 2.45) is 0 Å². The lowest BCUT2D eigenvalue weighted by Gasteiger charge is -2.07. The van der Waals surface area contributed by atoms with Gasteiger partial charge in [-0.1, -0.05) is 50.2 Å². The summed E-state index contributed by atoms with van der Waals surface area (Å²) in [7, 11) is 0. The van der Waals surface area contributed by atoms with Crippen LogP contribution in [0.5, 0.6) is 0 Å². The van der Waals surface area contributed by atoms with Gasteiger partial charge in [0.05, 0.1) is 0 Å². The Morgan fingerprint density at radius 1 is 1.11 bits per heavy atom. The molecule has 0 radical (unpaired) electrons. The second-order valence-electron chi connectivity index (χ2n) is 4.84. The first-order valence-electron chi connectivity index (χ1n) is 6.42. The van der Waals surface area contributed by atoms with Gasteiger partial charge in [0, 0.05) is 24.6 Å². The van der Waals surface area contributed by atoms with Crippen LogP contribution in [0.1, 0.15) is 30.6 Å². The molecule has 19 heavy (non-hydrogen) atoms. The largest absolute Gasteiger partial charge is 0.314 e. The maximum absolute atomic E-state index is 12.0. The van der Waals surface area contributed by atoms with E-state index in [1.807, 2.05) is 36.4 Å². The van der Waals surface area contributed by atoms with Gasteiger partial charge in [-0.05, 0) is 16.8 Å². The van der Waals surface area contributed by atoms with E-state index >= 15 is 0 Å². The molecule has 0 amide bonds. The van der Waals surface area contributed by atoms with Crippen LogP contribution in [0.2, 0.25) is 0 Å². The quantitative estimate of drug-likeness (QED) is 0.842. The molecule has 0 heterocycles. The molecule has 2 nitrogen and oxygen atoms in total. The third kappa shape index (κ3) is 4.34. The molecule has 0 aliphatic carbocycles. The van der Waals surface area contributed by atoms with Crippen molar-refractivity contribution in [2.75, 3.05) is 6.54 Å². The fourth-order valence-electron chi connectivity index (χ4n) is 1.98. The minimum absolute atomic E-state index is 0. The Hall–Kier alpha value is -1.38. The Bertz CT molecular complexity index is 551. The topological polar surface area (TPSA) is 29.1 Å². The SMILES string of the molecule is CC(C)NCCC(=O)c1ccc2ccccc2c1.Cl. The number of benzene rings is 2. The van der Waals surface area contributed by atoms with Crippen LogP contribution in [0.15, 0.2) is 42.5 Å². The Morgan fingerprint density at radius 2 is 1.79 bits per heavy atom. The molecule has 0 aromatic heterocycles. The summed E-state index contributed by atoms with van der Waals surface area (Å²) in [4.78, 5) is 12.0. The van der Waals surface area contributed by atoms with Crippen molar-refractivity contribution in [2.45, 2.75) is 26.3 Å². The minimum Gasteiger partial charge on any atom is -0.314 e. The lowest BCUT2D eigenvalue weighted by atomic mass is 10.0. The van der Waals surface area contributed by atoms with Crippen LogP contribution in [0.25, 0.3) is 10.8 Å². The molecule has 0 spiro atoms. The van der Waals surface area contributed by atoms with Gasteiger partial charge in [0.25, 0.3) is 0 Å². The fourth-order valence-corrected chi connectivity index (χ4v) is 1.98. The van der Waals surface area contributed by atoms with Gasteiger partial charge in [-0.25, -0.2) is 0 Å². The highest BCUT2D eigenvalue weighted by atomic mass is 35.5. The Labute approximate surface area is 120 Å². The van der Waals surface area contributed by atoms with Crippen molar-refractivity contribution < 1.29 is 4.79 Å². The molecule has 0 aliphatic rings. The highest BCUT2D eigenvalue weighted by Gasteiger charge is 2.06. The minimum atomic E-state index is 0. The molecule has 2 aromatic carbocycles. The molecular weight excluding hydrogens is 258 g/mol. The molecule has 0 bridgehead atoms. The molecule has 102 valence electrons. The van der Waals surface area contributed by atoms with E-state index in [2.05, 4.69) is 25.2 Å². The summed E-state index contributed by atoms with van der Waals surface area (Å²) in [5, 5.41) is 5.56. The summed E-state index contributed by atoms with van der Waals surface area (Å²) in [5.41, 5.74) is 0.805. The highest BCUT2D eigenvalue weighted by Crippen LogP contribution is 2.16. The van der Waals surface area contributed by atoms with E-state index in [9.17, 15) is 4.79 Å². The second kappa shape index (κ2) is 7.27. The van der Waals surface area contributed by atoms with Crippen LogP contribution in [0.4, 0.5) is 0 Å². The smallest absolute Gasteiger partial charge is 0.164 e. The maximum atomic E-state index is 12.0. The summed E-state index contributed by atoms with van der Waals surface area (Å²) >= 11 is 0. The zero-order valence-corrected chi connectivity index (χ0v) is 12.2. The predicted octanol–water partition coefficient (Wildman–Crippen LogP) is 3.83. The lowest BCUT2D eigenvalue weighted by molar-refractivity contribution is 0.0982. The summed E-state index contributed by atoms with van der Waals surface area (Å²) < 4.78 is 0. The van der Waals surface area contributed by atoms with Crippen LogP contribution in [0, 0.1) is 0 Å². The highest BCUT2D eigenvalue weighted by molar-refractivity contribution is 6.00. The summed E-state index contributed by atoms with van der Waals surface area (Å²) in [6.45, 7) is 4.91. The third-order valence-corrected chi connectivity index (χ3v) is 2.98. The van der Waals surface area contributed by atoms with E-state index in [1.165, 1.54) is 5.39 Å². The first-order chi connectivity index (χ1) is 8.66. The number of Topliss-reactive ketones (excluding diaryl/α,β-unsaturated/α-hetero) is 1. The van der Waals surface area contributed by atoms with E-state index in [1.54, 1.807) is 0 Å². The summed E-state index contributed by atoms with van der Waals surface area (Å²) in [6, 6.07) is 14.4. The number of rotatable bonds is 5. The van der Waals surface area contributed by atoms with Crippen molar-refractivity contribution in [1.82, 2.24) is 5.32 Å². The van der Waals surface area contributed by atoms with Crippen molar-refractivity contribution in [3.63, 3.8) is 0 Å².